The van der Waals surface area contributed by atoms with Gasteiger partial charge in [-0.05, 0) is 37.1 Å². The van der Waals surface area contributed by atoms with Crippen LogP contribution in [-0.2, 0) is 9.53 Å². The van der Waals surface area contributed by atoms with Gasteiger partial charge in [0.05, 0.1) is 26.2 Å². The molecule has 2 rings (SSSR count). The summed E-state index contributed by atoms with van der Waals surface area (Å²) in [5.74, 6) is -1.55. The van der Waals surface area contributed by atoms with Crippen LogP contribution >= 0.6 is 23.2 Å². The van der Waals surface area contributed by atoms with Crippen molar-refractivity contribution >= 4 is 46.5 Å². The van der Waals surface area contributed by atoms with Crippen LogP contribution in [0, 0.1) is 24.0 Å². The van der Waals surface area contributed by atoms with Crippen LogP contribution in [0.2, 0.25) is 10.0 Å². The van der Waals surface area contributed by atoms with Gasteiger partial charge in [0.1, 0.15) is 0 Å². The van der Waals surface area contributed by atoms with Crippen molar-refractivity contribution in [1.82, 2.24) is 0 Å². The lowest BCUT2D eigenvalue weighted by Crippen LogP contribution is -2.21. The van der Waals surface area contributed by atoms with Crippen molar-refractivity contribution < 1.29 is 19.2 Å². The summed E-state index contributed by atoms with van der Waals surface area (Å²) in [7, 11) is 0. The van der Waals surface area contributed by atoms with E-state index in [9.17, 15) is 19.7 Å². The molecule has 0 bridgehead atoms. The van der Waals surface area contributed by atoms with Crippen LogP contribution in [-0.4, -0.2) is 23.4 Å². The van der Waals surface area contributed by atoms with E-state index >= 15 is 0 Å². The Kier molecular flexibility index (Phi) is 6.18. The largest absolute Gasteiger partial charge is 0.452 e. The molecule has 0 aliphatic heterocycles. The van der Waals surface area contributed by atoms with E-state index in [0.717, 1.165) is 23.3 Å². The number of nitrogens with one attached hydrogen (secondary N) is 1. The predicted octanol–water partition coefficient (Wildman–Crippen LogP) is 4.31. The molecule has 0 saturated carbocycles. The Labute approximate surface area is 159 Å². The molecule has 0 atom stereocenters. The number of carbonyl (C=O) groups excluding carboxylic acids is 2. The second-order valence-electron chi connectivity index (χ2n) is 5.48. The average molecular weight is 397 g/mol. The Balaban J connectivity index is 2.05. The van der Waals surface area contributed by atoms with Gasteiger partial charge < -0.3 is 10.1 Å². The minimum absolute atomic E-state index is 0.0153. The highest BCUT2D eigenvalue weighted by Gasteiger charge is 2.18. The van der Waals surface area contributed by atoms with Gasteiger partial charge in [0.2, 0.25) is 0 Å². The fourth-order valence-electron chi connectivity index (χ4n) is 2.24. The second-order valence-corrected chi connectivity index (χ2v) is 6.30. The van der Waals surface area contributed by atoms with E-state index in [0.29, 0.717) is 10.7 Å². The molecule has 0 aliphatic rings. The third-order valence-electron chi connectivity index (χ3n) is 3.41. The monoisotopic (exact) mass is 396 g/mol. The van der Waals surface area contributed by atoms with E-state index in [1.807, 2.05) is 13.0 Å². The van der Waals surface area contributed by atoms with Crippen molar-refractivity contribution in [3.63, 3.8) is 0 Å². The van der Waals surface area contributed by atoms with Gasteiger partial charge in [0.25, 0.3) is 11.6 Å². The fourth-order valence-corrected chi connectivity index (χ4v) is 2.80. The lowest BCUT2D eigenvalue weighted by Gasteiger charge is -2.12. The highest BCUT2D eigenvalue weighted by Crippen LogP contribution is 2.27. The molecule has 2 aromatic rings. The van der Waals surface area contributed by atoms with E-state index in [2.05, 4.69) is 5.32 Å². The number of anilines is 1. The van der Waals surface area contributed by atoms with Crippen molar-refractivity contribution in [2.75, 3.05) is 11.9 Å². The van der Waals surface area contributed by atoms with E-state index in [4.69, 9.17) is 27.9 Å². The topological polar surface area (TPSA) is 98.5 Å². The second kappa shape index (κ2) is 8.16. The minimum Gasteiger partial charge on any atom is -0.452 e. The van der Waals surface area contributed by atoms with Gasteiger partial charge in [0.15, 0.2) is 6.61 Å². The number of nitro groups is 1. The molecule has 1 amide bonds. The van der Waals surface area contributed by atoms with Crippen molar-refractivity contribution in [3.8, 4) is 0 Å². The number of amides is 1. The summed E-state index contributed by atoms with van der Waals surface area (Å²) in [4.78, 5) is 34.2. The van der Waals surface area contributed by atoms with E-state index in [1.54, 1.807) is 13.0 Å². The van der Waals surface area contributed by atoms with Gasteiger partial charge in [-0.3, -0.25) is 14.9 Å². The third kappa shape index (κ3) is 4.71. The Morgan fingerprint density at radius 1 is 1.15 bits per heavy atom. The molecule has 0 fully saturated rings. The first-order valence-electron chi connectivity index (χ1n) is 7.36. The smallest absolute Gasteiger partial charge is 0.340 e. The highest BCUT2D eigenvalue weighted by atomic mass is 35.5. The molecular weight excluding hydrogens is 383 g/mol. The Morgan fingerprint density at radius 2 is 1.85 bits per heavy atom. The van der Waals surface area contributed by atoms with Gasteiger partial charge in [-0.1, -0.05) is 29.3 Å². The predicted molar refractivity (Wildman–Crippen MR) is 97.9 cm³/mol. The quantitative estimate of drug-likeness (QED) is 0.461. The summed E-state index contributed by atoms with van der Waals surface area (Å²) in [6.07, 6.45) is 0. The lowest BCUT2D eigenvalue weighted by molar-refractivity contribution is -0.384. The summed E-state index contributed by atoms with van der Waals surface area (Å²) >= 11 is 12.0. The number of rotatable bonds is 5. The van der Waals surface area contributed by atoms with Gasteiger partial charge >= 0.3 is 5.97 Å². The Morgan fingerprint density at radius 3 is 2.46 bits per heavy atom. The number of nitrogens with zero attached hydrogens (tertiary/aromatic N) is 1. The van der Waals surface area contributed by atoms with Crippen molar-refractivity contribution in [2.24, 2.45) is 0 Å². The van der Waals surface area contributed by atoms with Gasteiger partial charge in [-0.2, -0.15) is 0 Å². The van der Waals surface area contributed by atoms with Gasteiger partial charge in [-0.15, -0.1) is 0 Å². The van der Waals surface area contributed by atoms with Crippen LogP contribution in [0.3, 0.4) is 0 Å². The third-order valence-corrected chi connectivity index (χ3v) is 4.04. The SMILES string of the molecule is Cc1cc(C)c(NC(=O)COC(=O)c2cc([N+](=O)[O-])ccc2Cl)c(Cl)c1. The normalized spacial score (nSPS) is 10.3. The number of nitro benzene ring substituents is 1. The van der Waals surface area contributed by atoms with E-state index in [-0.39, 0.29) is 16.3 Å². The molecule has 9 heteroatoms. The lowest BCUT2D eigenvalue weighted by atomic mass is 10.1. The zero-order valence-electron chi connectivity index (χ0n) is 13.8. The number of ether oxygens (including phenoxy) is 1. The number of non-ortho nitro benzene ring substituents is 1. The maximum atomic E-state index is 12.0. The number of benzene rings is 2. The minimum atomic E-state index is -0.944. The molecule has 0 heterocycles. The fraction of sp³-hybridized carbons (Fsp3) is 0.176. The number of hydrogen-bond acceptors (Lipinski definition) is 5. The molecule has 0 aromatic heterocycles. The van der Waals surface area contributed by atoms with Crippen LogP contribution in [0.1, 0.15) is 21.5 Å². The first kappa shape index (κ1) is 19.7. The van der Waals surface area contributed by atoms with E-state index < -0.39 is 23.4 Å². The van der Waals surface area contributed by atoms with Gasteiger partial charge in [0, 0.05) is 12.1 Å². The molecule has 0 aliphatic carbocycles. The molecular formula is C17H14Cl2N2O5. The number of carbonyl (C=O) groups is 2. The van der Waals surface area contributed by atoms with Crippen LogP contribution in [0.4, 0.5) is 11.4 Å². The zero-order chi connectivity index (χ0) is 19.4. The number of aryl methyl sites for hydroxylation is 2. The van der Waals surface area contributed by atoms with Crippen LogP contribution in [0.25, 0.3) is 0 Å². The summed E-state index contributed by atoms with van der Waals surface area (Å²) in [6.45, 7) is 3.06. The molecule has 0 unspecified atom stereocenters. The maximum absolute atomic E-state index is 12.0. The molecule has 1 N–H and O–H groups in total. The number of esters is 1. The van der Waals surface area contributed by atoms with Crippen LogP contribution in [0.15, 0.2) is 30.3 Å². The summed E-state index contributed by atoms with van der Waals surface area (Å²) in [5, 5.41) is 13.7. The Bertz CT molecular complexity index is 876. The number of halogens is 2. The van der Waals surface area contributed by atoms with Crippen molar-refractivity contribution in [2.45, 2.75) is 13.8 Å². The first-order chi connectivity index (χ1) is 12.2. The molecule has 136 valence electrons. The Hall–Kier alpha value is -2.64. The number of hydrogen-bond donors (Lipinski definition) is 1. The van der Waals surface area contributed by atoms with Crippen LogP contribution in [0.5, 0.6) is 0 Å². The first-order valence-corrected chi connectivity index (χ1v) is 8.12. The molecule has 26 heavy (non-hydrogen) atoms. The molecule has 0 spiro atoms. The standard InChI is InChI=1S/C17H14Cl2N2O5/c1-9-5-10(2)16(14(19)6-9)20-15(22)8-26-17(23)12-7-11(21(24)25)3-4-13(12)18/h3-7H,8H2,1-2H3,(H,20,22). The molecule has 0 radical (unpaired) electrons. The molecule has 7 nitrogen and oxygen atoms in total. The van der Waals surface area contributed by atoms with E-state index in [1.165, 1.54) is 6.07 Å². The maximum Gasteiger partial charge on any atom is 0.340 e. The molecule has 2 aromatic carbocycles. The average Bonchev–Trinajstić information content (AvgIpc) is 2.56. The molecule has 0 saturated heterocycles. The zero-order valence-corrected chi connectivity index (χ0v) is 15.4. The van der Waals surface area contributed by atoms with Gasteiger partial charge in [-0.25, -0.2) is 4.79 Å². The summed E-state index contributed by atoms with van der Waals surface area (Å²) < 4.78 is 4.88. The van der Waals surface area contributed by atoms with Crippen LogP contribution < -0.4 is 5.32 Å². The van der Waals surface area contributed by atoms with Crippen molar-refractivity contribution in [3.05, 3.63) is 67.2 Å². The summed E-state index contributed by atoms with van der Waals surface area (Å²) in [5.41, 5.74) is 1.62. The highest BCUT2D eigenvalue weighted by molar-refractivity contribution is 6.34. The van der Waals surface area contributed by atoms with Crippen molar-refractivity contribution in [1.29, 1.82) is 0 Å². The summed E-state index contributed by atoms with van der Waals surface area (Å²) in [6, 6.07) is 6.90.